The standard InChI is InChI=1S/C13H17N3O2/c17-5-4-15-7-10-8-16(13(18)12(10)9-15)11-2-1-3-14-6-11/h1-3,6,10,12,17H,4-5,7-9H2/t10-,12-/m0/s1. The Hall–Kier alpha value is -1.46. The van der Waals surface area contributed by atoms with Crippen LogP contribution in [0.5, 0.6) is 0 Å². The highest BCUT2D eigenvalue weighted by Crippen LogP contribution is 2.34. The predicted octanol–water partition coefficient (Wildman–Crippen LogP) is -0.0315. The summed E-state index contributed by atoms with van der Waals surface area (Å²) in [6.07, 6.45) is 3.46. The molecule has 18 heavy (non-hydrogen) atoms. The van der Waals surface area contributed by atoms with Crippen LogP contribution in [0.4, 0.5) is 5.69 Å². The average molecular weight is 247 g/mol. The van der Waals surface area contributed by atoms with Gasteiger partial charge in [0.1, 0.15) is 0 Å². The van der Waals surface area contributed by atoms with Crippen LogP contribution in [0.25, 0.3) is 0 Å². The number of carbonyl (C=O) groups is 1. The number of hydrogen-bond donors (Lipinski definition) is 1. The molecule has 0 saturated carbocycles. The van der Waals surface area contributed by atoms with Crippen LogP contribution in [0, 0.1) is 11.8 Å². The molecule has 3 rings (SSSR count). The van der Waals surface area contributed by atoms with Crippen molar-refractivity contribution in [3.8, 4) is 0 Å². The van der Waals surface area contributed by atoms with Crippen molar-refractivity contribution in [2.45, 2.75) is 0 Å². The molecule has 0 aromatic carbocycles. The summed E-state index contributed by atoms with van der Waals surface area (Å²) in [5.74, 6) is 0.689. The number of carbonyl (C=O) groups excluding carboxylic acids is 1. The normalized spacial score (nSPS) is 27.8. The van der Waals surface area contributed by atoms with E-state index in [1.807, 2.05) is 17.0 Å². The lowest BCUT2D eigenvalue weighted by Gasteiger charge is -2.20. The van der Waals surface area contributed by atoms with Gasteiger partial charge in [-0.3, -0.25) is 14.7 Å². The van der Waals surface area contributed by atoms with E-state index in [0.29, 0.717) is 12.5 Å². The lowest BCUT2D eigenvalue weighted by molar-refractivity contribution is -0.120. The van der Waals surface area contributed by atoms with E-state index in [1.165, 1.54) is 0 Å². The molecule has 0 bridgehead atoms. The summed E-state index contributed by atoms with van der Waals surface area (Å²) in [5, 5.41) is 8.94. The Labute approximate surface area is 106 Å². The topological polar surface area (TPSA) is 56.7 Å². The maximum Gasteiger partial charge on any atom is 0.231 e. The number of aliphatic hydroxyl groups excluding tert-OH is 1. The second-order valence-corrected chi connectivity index (χ2v) is 5.01. The number of anilines is 1. The minimum Gasteiger partial charge on any atom is -0.395 e. The van der Waals surface area contributed by atoms with Crippen LogP contribution >= 0.6 is 0 Å². The van der Waals surface area contributed by atoms with E-state index in [9.17, 15) is 4.79 Å². The monoisotopic (exact) mass is 247 g/mol. The molecule has 0 radical (unpaired) electrons. The van der Waals surface area contributed by atoms with Crippen LogP contribution in [0.15, 0.2) is 24.5 Å². The van der Waals surface area contributed by atoms with Crippen LogP contribution in [0.3, 0.4) is 0 Å². The van der Waals surface area contributed by atoms with Crippen molar-refractivity contribution in [2.24, 2.45) is 11.8 Å². The molecule has 1 aromatic heterocycles. The van der Waals surface area contributed by atoms with E-state index in [4.69, 9.17) is 5.11 Å². The van der Waals surface area contributed by atoms with Crippen molar-refractivity contribution >= 4 is 11.6 Å². The van der Waals surface area contributed by atoms with Gasteiger partial charge in [-0.1, -0.05) is 0 Å². The molecule has 5 heteroatoms. The summed E-state index contributed by atoms with van der Waals surface area (Å²) < 4.78 is 0. The van der Waals surface area contributed by atoms with Crippen LogP contribution in [-0.2, 0) is 4.79 Å². The minimum absolute atomic E-state index is 0.0942. The van der Waals surface area contributed by atoms with Gasteiger partial charge in [-0.25, -0.2) is 0 Å². The maximum absolute atomic E-state index is 12.3. The van der Waals surface area contributed by atoms with E-state index >= 15 is 0 Å². The summed E-state index contributed by atoms with van der Waals surface area (Å²) in [5.41, 5.74) is 0.894. The van der Waals surface area contributed by atoms with E-state index in [0.717, 1.165) is 25.3 Å². The van der Waals surface area contributed by atoms with Crippen LogP contribution in [-0.4, -0.2) is 53.7 Å². The third-order valence-electron chi connectivity index (χ3n) is 3.89. The minimum atomic E-state index is 0.0942. The molecular formula is C13H17N3O2. The van der Waals surface area contributed by atoms with E-state index in [1.54, 1.807) is 12.4 Å². The number of rotatable bonds is 3. The Morgan fingerprint density at radius 1 is 1.39 bits per heavy atom. The fourth-order valence-corrected chi connectivity index (χ4v) is 3.02. The maximum atomic E-state index is 12.3. The Morgan fingerprint density at radius 3 is 2.94 bits per heavy atom. The zero-order valence-electron chi connectivity index (χ0n) is 10.2. The molecule has 2 fully saturated rings. The molecular weight excluding hydrogens is 230 g/mol. The number of β-amino-alcohol motifs (C(OH)–C–C–N with tert-alkyl or cyclic N) is 1. The van der Waals surface area contributed by atoms with Gasteiger partial charge in [0.15, 0.2) is 0 Å². The second kappa shape index (κ2) is 4.66. The third-order valence-corrected chi connectivity index (χ3v) is 3.89. The number of aliphatic hydroxyl groups is 1. The lowest BCUT2D eigenvalue weighted by atomic mass is 10.0. The third kappa shape index (κ3) is 1.89. The summed E-state index contributed by atoms with van der Waals surface area (Å²) in [4.78, 5) is 20.4. The Bertz CT molecular complexity index is 437. The summed E-state index contributed by atoms with van der Waals surface area (Å²) in [7, 11) is 0. The molecule has 3 heterocycles. The van der Waals surface area contributed by atoms with Crippen molar-refractivity contribution in [3.05, 3.63) is 24.5 Å². The fourth-order valence-electron chi connectivity index (χ4n) is 3.02. The van der Waals surface area contributed by atoms with Gasteiger partial charge < -0.3 is 10.0 Å². The number of amides is 1. The van der Waals surface area contributed by atoms with Crippen LogP contribution < -0.4 is 4.90 Å². The number of hydrogen-bond acceptors (Lipinski definition) is 4. The van der Waals surface area contributed by atoms with Gasteiger partial charge in [0.05, 0.1) is 24.4 Å². The van der Waals surface area contributed by atoms with Gasteiger partial charge >= 0.3 is 0 Å². The quantitative estimate of drug-likeness (QED) is 0.815. The molecule has 0 aliphatic carbocycles. The van der Waals surface area contributed by atoms with Crippen molar-refractivity contribution in [1.82, 2.24) is 9.88 Å². The van der Waals surface area contributed by atoms with Crippen molar-refractivity contribution in [3.63, 3.8) is 0 Å². The van der Waals surface area contributed by atoms with Crippen molar-refractivity contribution in [1.29, 1.82) is 0 Å². The summed E-state index contributed by atoms with van der Waals surface area (Å²) >= 11 is 0. The van der Waals surface area contributed by atoms with E-state index in [-0.39, 0.29) is 18.4 Å². The number of fused-ring (bicyclic) bond motifs is 1. The first kappa shape index (κ1) is 11.6. The van der Waals surface area contributed by atoms with Gasteiger partial charge in [0, 0.05) is 38.3 Å². The second-order valence-electron chi connectivity index (χ2n) is 5.01. The average Bonchev–Trinajstić information content (AvgIpc) is 2.91. The van der Waals surface area contributed by atoms with Gasteiger partial charge in [-0.15, -0.1) is 0 Å². The van der Waals surface area contributed by atoms with Crippen molar-refractivity contribution < 1.29 is 9.90 Å². The zero-order valence-corrected chi connectivity index (χ0v) is 10.2. The van der Waals surface area contributed by atoms with Crippen molar-refractivity contribution in [2.75, 3.05) is 37.7 Å². The molecule has 5 nitrogen and oxygen atoms in total. The van der Waals surface area contributed by atoms with Gasteiger partial charge in [-0.05, 0) is 12.1 Å². The number of nitrogens with zero attached hydrogens (tertiary/aromatic N) is 3. The van der Waals surface area contributed by atoms with Crippen LogP contribution in [0.2, 0.25) is 0 Å². The highest BCUT2D eigenvalue weighted by atomic mass is 16.3. The Morgan fingerprint density at radius 2 is 2.28 bits per heavy atom. The molecule has 0 unspecified atom stereocenters. The summed E-state index contributed by atoms with van der Waals surface area (Å²) in [6.45, 7) is 3.30. The molecule has 2 aliphatic rings. The first-order valence-electron chi connectivity index (χ1n) is 6.34. The van der Waals surface area contributed by atoms with Gasteiger partial charge in [0.25, 0.3) is 0 Å². The first-order chi connectivity index (χ1) is 8.79. The lowest BCUT2D eigenvalue weighted by Crippen LogP contribution is -2.33. The highest BCUT2D eigenvalue weighted by molar-refractivity contribution is 5.97. The SMILES string of the molecule is O=C1[C@H]2CN(CCO)C[C@H]2CN1c1cccnc1. The zero-order chi connectivity index (χ0) is 12.5. The first-order valence-corrected chi connectivity index (χ1v) is 6.34. The Balaban J connectivity index is 1.73. The molecule has 2 saturated heterocycles. The molecule has 0 spiro atoms. The molecule has 2 atom stereocenters. The molecule has 1 amide bonds. The van der Waals surface area contributed by atoms with Gasteiger partial charge in [-0.2, -0.15) is 0 Å². The highest BCUT2D eigenvalue weighted by Gasteiger charge is 2.46. The number of likely N-dealkylation sites (tertiary alicyclic amines) is 1. The number of aromatic nitrogens is 1. The molecule has 1 aromatic rings. The Kier molecular flexibility index (Phi) is 3.01. The van der Waals surface area contributed by atoms with Gasteiger partial charge in [0.2, 0.25) is 5.91 Å². The smallest absolute Gasteiger partial charge is 0.231 e. The largest absolute Gasteiger partial charge is 0.395 e. The fraction of sp³-hybridized carbons (Fsp3) is 0.538. The van der Waals surface area contributed by atoms with E-state index < -0.39 is 0 Å². The van der Waals surface area contributed by atoms with E-state index in [2.05, 4.69) is 9.88 Å². The molecule has 2 aliphatic heterocycles. The predicted molar refractivity (Wildman–Crippen MR) is 67.1 cm³/mol. The molecule has 1 N–H and O–H groups in total. The summed E-state index contributed by atoms with van der Waals surface area (Å²) in [6, 6.07) is 3.78. The van der Waals surface area contributed by atoms with Crippen LogP contribution in [0.1, 0.15) is 0 Å². The number of pyridine rings is 1. The molecule has 96 valence electrons.